The van der Waals surface area contributed by atoms with Crippen LogP contribution in [0.2, 0.25) is 0 Å². The second-order valence-corrected chi connectivity index (χ2v) is 13.0. The van der Waals surface area contributed by atoms with Gasteiger partial charge in [0.1, 0.15) is 12.1 Å². The SMILES string of the molecule is CCCCC/C=C\C[C@@H](NC(=O)[C@@H]1CCCN1C(=O)CCC(=O)N1CCCC(F)(F)C1)C(=O)NS(=O)(=O)C1CC1. The predicted molar refractivity (Wildman–Crippen MR) is 145 cm³/mol. The fraction of sp³-hybridized carbons (Fsp3) is 0.778. The van der Waals surface area contributed by atoms with Gasteiger partial charge in [-0.25, -0.2) is 17.2 Å². The number of hydrogen-bond acceptors (Lipinski definition) is 6. The van der Waals surface area contributed by atoms with Crippen LogP contribution in [0.3, 0.4) is 0 Å². The van der Waals surface area contributed by atoms with Gasteiger partial charge in [0.25, 0.3) is 11.8 Å². The number of halogens is 2. The highest BCUT2D eigenvalue weighted by atomic mass is 32.2. The van der Waals surface area contributed by atoms with Crippen LogP contribution in [0, 0.1) is 0 Å². The van der Waals surface area contributed by atoms with E-state index >= 15 is 0 Å². The average Bonchev–Trinajstić information content (AvgIpc) is 3.65. The minimum atomic E-state index is -3.81. The molecule has 0 spiro atoms. The molecule has 2 N–H and O–H groups in total. The summed E-state index contributed by atoms with van der Waals surface area (Å²) >= 11 is 0. The van der Waals surface area contributed by atoms with Gasteiger partial charge in [-0.1, -0.05) is 31.9 Å². The quantitative estimate of drug-likeness (QED) is 0.237. The summed E-state index contributed by atoms with van der Waals surface area (Å²) in [4.78, 5) is 53.9. The zero-order valence-electron chi connectivity index (χ0n) is 23.2. The summed E-state index contributed by atoms with van der Waals surface area (Å²) in [5.41, 5.74) is 0. The maximum atomic E-state index is 13.7. The van der Waals surface area contributed by atoms with Crippen molar-refractivity contribution in [2.75, 3.05) is 19.6 Å². The molecule has 2 atom stereocenters. The van der Waals surface area contributed by atoms with Crippen molar-refractivity contribution in [2.45, 2.75) is 114 Å². The molecule has 3 rings (SSSR count). The first-order valence-electron chi connectivity index (χ1n) is 14.4. The highest BCUT2D eigenvalue weighted by Crippen LogP contribution is 2.28. The molecular formula is C27H42F2N4O6S. The van der Waals surface area contributed by atoms with E-state index in [9.17, 15) is 36.4 Å². The minimum Gasteiger partial charge on any atom is -0.342 e. The first kappa shape index (κ1) is 32.0. The summed E-state index contributed by atoms with van der Waals surface area (Å²) in [6.45, 7) is 1.95. The second-order valence-electron chi connectivity index (χ2n) is 11.0. The number of likely N-dealkylation sites (tertiary alicyclic amines) is 2. The largest absolute Gasteiger partial charge is 0.342 e. The lowest BCUT2D eigenvalue weighted by Crippen LogP contribution is -2.54. The molecule has 0 radical (unpaired) electrons. The van der Waals surface area contributed by atoms with Crippen molar-refractivity contribution in [1.82, 2.24) is 19.8 Å². The molecular weight excluding hydrogens is 546 g/mol. The van der Waals surface area contributed by atoms with Crippen LogP contribution in [0.4, 0.5) is 8.78 Å². The van der Waals surface area contributed by atoms with Gasteiger partial charge in [-0.2, -0.15) is 0 Å². The third-order valence-electron chi connectivity index (χ3n) is 7.53. The molecule has 0 aromatic rings. The van der Waals surface area contributed by atoms with E-state index < -0.39 is 63.5 Å². The van der Waals surface area contributed by atoms with Crippen molar-refractivity contribution < 1.29 is 36.4 Å². The lowest BCUT2D eigenvalue weighted by molar-refractivity contribution is -0.145. The van der Waals surface area contributed by atoms with E-state index in [-0.39, 0.29) is 45.2 Å². The Hall–Kier alpha value is -2.57. The second kappa shape index (κ2) is 14.4. The topological polar surface area (TPSA) is 133 Å². The van der Waals surface area contributed by atoms with Crippen molar-refractivity contribution in [2.24, 2.45) is 0 Å². The number of rotatable bonds is 14. The van der Waals surface area contributed by atoms with Crippen molar-refractivity contribution in [3.63, 3.8) is 0 Å². The molecule has 0 aromatic heterocycles. The molecule has 1 saturated carbocycles. The van der Waals surface area contributed by atoms with Gasteiger partial charge in [-0.3, -0.25) is 23.9 Å². The molecule has 13 heteroatoms. The zero-order valence-corrected chi connectivity index (χ0v) is 24.0. The Bertz CT molecular complexity index is 1060. The summed E-state index contributed by atoms with van der Waals surface area (Å²) in [5.74, 6) is -5.29. The molecule has 3 aliphatic rings. The maximum Gasteiger partial charge on any atom is 0.265 e. The lowest BCUT2D eigenvalue weighted by atomic mass is 10.1. The van der Waals surface area contributed by atoms with E-state index in [2.05, 4.69) is 17.0 Å². The summed E-state index contributed by atoms with van der Waals surface area (Å²) in [5, 5.41) is 2.04. The number of carbonyl (C=O) groups excluding carboxylic acids is 4. The molecule has 0 aromatic carbocycles. The van der Waals surface area contributed by atoms with Gasteiger partial charge in [0.15, 0.2) is 0 Å². The molecule has 40 heavy (non-hydrogen) atoms. The van der Waals surface area contributed by atoms with Gasteiger partial charge in [-0.15, -0.1) is 0 Å². The molecule has 0 unspecified atom stereocenters. The number of hydrogen-bond donors (Lipinski definition) is 2. The monoisotopic (exact) mass is 588 g/mol. The first-order valence-corrected chi connectivity index (χ1v) is 15.9. The van der Waals surface area contributed by atoms with Crippen LogP contribution in [0.1, 0.15) is 90.4 Å². The van der Waals surface area contributed by atoms with E-state index in [1.807, 2.05) is 6.08 Å². The van der Waals surface area contributed by atoms with Crippen molar-refractivity contribution in [3.8, 4) is 0 Å². The van der Waals surface area contributed by atoms with E-state index in [1.165, 1.54) is 4.90 Å². The molecule has 1 aliphatic carbocycles. The number of unbranched alkanes of at least 4 members (excludes halogenated alkanes) is 3. The highest BCUT2D eigenvalue weighted by Gasteiger charge is 2.40. The fourth-order valence-electron chi connectivity index (χ4n) is 5.07. The summed E-state index contributed by atoms with van der Waals surface area (Å²) in [6, 6.07) is -2.01. The number of amides is 4. The van der Waals surface area contributed by atoms with Crippen molar-refractivity contribution in [1.29, 1.82) is 0 Å². The van der Waals surface area contributed by atoms with E-state index in [0.29, 0.717) is 25.7 Å². The van der Waals surface area contributed by atoms with Crippen LogP contribution in [-0.4, -0.2) is 84.7 Å². The van der Waals surface area contributed by atoms with Gasteiger partial charge < -0.3 is 15.1 Å². The molecule has 226 valence electrons. The summed E-state index contributed by atoms with van der Waals surface area (Å²) in [6.07, 6.45) is 9.01. The molecule has 2 aliphatic heterocycles. The zero-order chi connectivity index (χ0) is 29.3. The van der Waals surface area contributed by atoms with E-state index in [1.54, 1.807) is 6.08 Å². The minimum absolute atomic E-state index is 0.0967. The predicted octanol–water partition coefficient (Wildman–Crippen LogP) is 2.64. The Morgan fingerprint density at radius 3 is 2.40 bits per heavy atom. The number of piperidine rings is 1. The standard InChI is InChI=1S/C27H42F2N4O6S/c1-2-3-4-5-6-7-10-21(25(36)31-40(38,39)20-12-13-20)30-26(37)22-11-8-18-33(22)24(35)15-14-23(34)32-17-9-16-27(28,29)19-32/h6-7,20-22H,2-5,8-19H2,1H3,(H,30,37)(H,31,36)/b7-6-/t21-,22+/m1/s1. The smallest absolute Gasteiger partial charge is 0.265 e. The number of allylic oxidation sites excluding steroid dienone is 1. The van der Waals surface area contributed by atoms with Crippen LogP contribution >= 0.6 is 0 Å². The van der Waals surface area contributed by atoms with Gasteiger partial charge in [0.05, 0.1) is 11.8 Å². The molecule has 4 amide bonds. The number of nitrogens with one attached hydrogen (secondary N) is 2. The number of sulfonamides is 1. The fourth-order valence-corrected chi connectivity index (χ4v) is 6.41. The normalized spacial score (nSPS) is 21.8. The summed E-state index contributed by atoms with van der Waals surface area (Å²) < 4.78 is 54.1. The number of carbonyl (C=O) groups is 4. The molecule has 2 saturated heterocycles. The van der Waals surface area contributed by atoms with Crippen LogP contribution in [-0.2, 0) is 29.2 Å². The van der Waals surface area contributed by atoms with Gasteiger partial charge >= 0.3 is 0 Å². The Kier molecular flexibility index (Phi) is 11.5. The third kappa shape index (κ3) is 9.52. The molecule has 10 nitrogen and oxygen atoms in total. The van der Waals surface area contributed by atoms with Gasteiger partial charge in [0, 0.05) is 32.4 Å². The van der Waals surface area contributed by atoms with E-state index in [0.717, 1.165) is 30.6 Å². The average molecular weight is 589 g/mol. The van der Waals surface area contributed by atoms with Crippen LogP contribution in [0.15, 0.2) is 12.2 Å². The van der Waals surface area contributed by atoms with Crippen molar-refractivity contribution in [3.05, 3.63) is 12.2 Å². The molecule has 0 bridgehead atoms. The Morgan fingerprint density at radius 2 is 1.73 bits per heavy atom. The van der Waals surface area contributed by atoms with Crippen molar-refractivity contribution >= 4 is 33.7 Å². The number of nitrogens with zero attached hydrogens (tertiary/aromatic N) is 2. The summed E-state index contributed by atoms with van der Waals surface area (Å²) in [7, 11) is -3.81. The first-order chi connectivity index (χ1) is 18.9. The number of alkyl halides is 2. The van der Waals surface area contributed by atoms with Gasteiger partial charge in [0.2, 0.25) is 27.7 Å². The van der Waals surface area contributed by atoms with Crippen LogP contribution < -0.4 is 10.0 Å². The maximum absolute atomic E-state index is 13.7. The third-order valence-corrected chi connectivity index (χ3v) is 9.36. The van der Waals surface area contributed by atoms with Crippen LogP contribution in [0.25, 0.3) is 0 Å². The Morgan fingerprint density at radius 1 is 1.00 bits per heavy atom. The Labute approximate surface area is 235 Å². The van der Waals surface area contributed by atoms with Gasteiger partial charge in [-0.05, 0) is 51.4 Å². The van der Waals surface area contributed by atoms with E-state index in [4.69, 9.17) is 0 Å². The molecule has 2 heterocycles. The highest BCUT2D eigenvalue weighted by molar-refractivity contribution is 7.90. The molecule has 3 fully saturated rings. The Balaban J connectivity index is 1.58. The lowest BCUT2D eigenvalue weighted by Gasteiger charge is -2.32. The van der Waals surface area contributed by atoms with Crippen LogP contribution in [0.5, 0.6) is 0 Å².